The third-order valence-electron chi connectivity index (χ3n) is 1.89. The van der Waals surface area contributed by atoms with Gasteiger partial charge >= 0.3 is 0 Å². The number of hydrogen-bond donors (Lipinski definition) is 0. The van der Waals surface area contributed by atoms with Crippen LogP contribution in [0.3, 0.4) is 0 Å². The van der Waals surface area contributed by atoms with Crippen molar-refractivity contribution in [3.05, 3.63) is 5.21 Å². The van der Waals surface area contributed by atoms with Gasteiger partial charge in [0.15, 0.2) is 0 Å². The van der Waals surface area contributed by atoms with Gasteiger partial charge in [0.25, 0.3) is 0 Å². The van der Waals surface area contributed by atoms with Crippen molar-refractivity contribution in [3.8, 4) is 0 Å². The summed E-state index contributed by atoms with van der Waals surface area (Å²) >= 11 is 0. The van der Waals surface area contributed by atoms with E-state index in [9.17, 15) is 5.21 Å². The molecule has 0 amide bonds. The van der Waals surface area contributed by atoms with Gasteiger partial charge in [0.05, 0.1) is 12.4 Å². The second-order valence-electron chi connectivity index (χ2n) is 2.86. The third kappa shape index (κ3) is 2.50. The molecule has 0 saturated carbocycles. The van der Waals surface area contributed by atoms with Gasteiger partial charge in [-0.05, 0) is 6.42 Å². The molecule has 0 fully saturated rings. The van der Waals surface area contributed by atoms with E-state index in [-0.39, 0.29) is 0 Å². The van der Waals surface area contributed by atoms with E-state index >= 15 is 0 Å². The number of aliphatic imine (C=N–C) groups is 1. The zero-order valence-electron chi connectivity index (χ0n) is 7.05. The largest absolute Gasteiger partial charge is 0.757 e. The van der Waals surface area contributed by atoms with E-state index in [0.29, 0.717) is 13.1 Å². The minimum absolute atomic E-state index is 0.571. The number of hydrogen-bond acceptors (Lipinski definition) is 3. The summed E-state index contributed by atoms with van der Waals surface area (Å²) < 4.78 is 0. The molecular formula is C8H15N2O-. The van der Waals surface area contributed by atoms with Gasteiger partial charge in [-0.3, -0.25) is 4.99 Å². The molecule has 0 aromatic heterocycles. The van der Waals surface area contributed by atoms with Crippen molar-refractivity contribution in [2.45, 2.75) is 32.6 Å². The van der Waals surface area contributed by atoms with Gasteiger partial charge in [0, 0.05) is 13.0 Å². The Morgan fingerprint density at radius 3 is 2.91 bits per heavy atom. The SMILES string of the molecule is CCCCCC1=NCCN1[O-]. The van der Waals surface area contributed by atoms with Crippen LogP contribution >= 0.6 is 0 Å². The Morgan fingerprint density at radius 1 is 1.55 bits per heavy atom. The molecule has 3 nitrogen and oxygen atoms in total. The number of amidine groups is 1. The van der Waals surface area contributed by atoms with Crippen LogP contribution < -0.4 is 0 Å². The Morgan fingerprint density at radius 2 is 2.36 bits per heavy atom. The lowest BCUT2D eigenvalue weighted by molar-refractivity contribution is 0.592. The zero-order chi connectivity index (χ0) is 8.10. The van der Waals surface area contributed by atoms with Crippen molar-refractivity contribution < 1.29 is 0 Å². The van der Waals surface area contributed by atoms with Crippen LogP contribution in [0.5, 0.6) is 0 Å². The number of hydroxylamine groups is 2. The van der Waals surface area contributed by atoms with Crippen molar-refractivity contribution >= 4 is 5.84 Å². The standard InChI is InChI=1S/C8H15N2O/c1-2-3-4-5-8-9-6-7-10(8)11/h2-7H2,1H3/q-1. The van der Waals surface area contributed by atoms with Gasteiger partial charge in [0.1, 0.15) is 0 Å². The average molecular weight is 155 g/mol. The summed E-state index contributed by atoms with van der Waals surface area (Å²) in [5.41, 5.74) is 0. The van der Waals surface area contributed by atoms with Crippen LogP contribution in [0.1, 0.15) is 32.6 Å². The number of unbranched alkanes of at least 4 members (excludes halogenated alkanes) is 2. The quantitative estimate of drug-likeness (QED) is 0.580. The normalized spacial score (nSPS) is 17.3. The molecule has 0 bridgehead atoms. The fourth-order valence-electron chi connectivity index (χ4n) is 1.21. The summed E-state index contributed by atoms with van der Waals surface area (Å²) in [7, 11) is 0. The van der Waals surface area contributed by atoms with E-state index in [1.165, 1.54) is 12.8 Å². The molecule has 0 aromatic carbocycles. The van der Waals surface area contributed by atoms with Crippen molar-refractivity contribution in [2.24, 2.45) is 4.99 Å². The van der Waals surface area contributed by atoms with Crippen LogP contribution in [-0.2, 0) is 0 Å². The van der Waals surface area contributed by atoms with Crippen molar-refractivity contribution in [1.29, 1.82) is 0 Å². The van der Waals surface area contributed by atoms with Crippen LogP contribution in [0, 0.1) is 5.21 Å². The first-order valence-corrected chi connectivity index (χ1v) is 4.32. The molecule has 1 aliphatic rings. The predicted octanol–water partition coefficient (Wildman–Crippen LogP) is 1.78. The van der Waals surface area contributed by atoms with E-state index in [0.717, 1.165) is 23.7 Å². The third-order valence-corrected chi connectivity index (χ3v) is 1.89. The Hall–Kier alpha value is -0.570. The Labute approximate surface area is 67.7 Å². The van der Waals surface area contributed by atoms with Crippen molar-refractivity contribution in [1.82, 2.24) is 5.06 Å². The molecule has 1 aliphatic heterocycles. The first-order chi connectivity index (χ1) is 5.34. The fraction of sp³-hybridized carbons (Fsp3) is 0.875. The topological polar surface area (TPSA) is 38.7 Å². The zero-order valence-corrected chi connectivity index (χ0v) is 7.05. The summed E-state index contributed by atoms with van der Waals surface area (Å²) in [5, 5.41) is 12.0. The Bertz CT molecular complexity index is 145. The van der Waals surface area contributed by atoms with Gasteiger partial charge in [-0.1, -0.05) is 19.8 Å². The van der Waals surface area contributed by atoms with Gasteiger partial charge in [-0.15, -0.1) is 0 Å². The maximum Gasteiger partial charge on any atom is 0.0883 e. The van der Waals surface area contributed by atoms with Gasteiger partial charge < -0.3 is 10.3 Å². The van der Waals surface area contributed by atoms with Crippen LogP contribution in [0.4, 0.5) is 0 Å². The smallest absolute Gasteiger partial charge is 0.0883 e. The maximum absolute atomic E-state index is 11.0. The second kappa shape index (κ2) is 4.34. The van der Waals surface area contributed by atoms with E-state index < -0.39 is 0 Å². The second-order valence-corrected chi connectivity index (χ2v) is 2.86. The summed E-state index contributed by atoms with van der Waals surface area (Å²) in [6.45, 7) is 3.43. The Kier molecular flexibility index (Phi) is 3.36. The lowest BCUT2D eigenvalue weighted by atomic mass is 10.2. The van der Waals surface area contributed by atoms with Crippen molar-refractivity contribution in [2.75, 3.05) is 13.1 Å². The fourth-order valence-corrected chi connectivity index (χ4v) is 1.21. The molecule has 0 radical (unpaired) electrons. The summed E-state index contributed by atoms with van der Waals surface area (Å²) in [4.78, 5) is 4.12. The van der Waals surface area contributed by atoms with E-state index in [1.54, 1.807) is 0 Å². The molecule has 0 atom stereocenters. The molecule has 1 heterocycles. The van der Waals surface area contributed by atoms with E-state index in [1.807, 2.05) is 0 Å². The predicted molar refractivity (Wildman–Crippen MR) is 46.5 cm³/mol. The molecule has 1 rings (SSSR count). The first-order valence-electron chi connectivity index (χ1n) is 4.32. The minimum atomic E-state index is 0.571. The van der Waals surface area contributed by atoms with Crippen LogP contribution in [0.2, 0.25) is 0 Å². The molecule has 0 unspecified atom stereocenters. The number of rotatable bonds is 4. The van der Waals surface area contributed by atoms with Gasteiger partial charge in [-0.2, -0.15) is 0 Å². The highest BCUT2D eigenvalue weighted by Crippen LogP contribution is 2.07. The summed E-state index contributed by atoms with van der Waals surface area (Å²) in [6.07, 6.45) is 4.38. The van der Waals surface area contributed by atoms with Gasteiger partial charge in [-0.25, -0.2) is 0 Å². The highest BCUT2D eigenvalue weighted by atomic mass is 16.5. The maximum atomic E-state index is 11.0. The monoisotopic (exact) mass is 155 g/mol. The molecular weight excluding hydrogens is 140 g/mol. The molecule has 0 aromatic rings. The summed E-state index contributed by atoms with van der Waals surface area (Å²) in [5.74, 6) is 0.762. The minimum Gasteiger partial charge on any atom is -0.757 e. The highest BCUT2D eigenvalue weighted by molar-refractivity contribution is 5.83. The Balaban J connectivity index is 2.15. The first kappa shape index (κ1) is 8.53. The lowest BCUT2D eigenvalue weighted by Crippen LogP contribution is -2.20. The van der Waals surface area contributed by atoms with E-state index in [2.05, 4.69) is 11.9 Å². The lowest BCUT2D eigenvalue weighted by Gasteiger charge is -2.25. The van der Waals surface area contributed by atoms with Gasteiger partial charge in [0.2, 0.25) is 0 Å². The van der Waals surface area contributed by atoms with Crippen LogP contribution in [0.25, 0.3) is 0 Å². The molecule has 0 aliphatic carbocycles. The van der Waals surface area contributed by atoms with E-state index in [4.69, 9.17) is 0 Å². The average Bonchev–Trinajstić information content (AvgIpc) is 2.37. The molecule has 0 saturated heterocycles. The molecule has 0 N–H and O–H groups in total. The number of nitrogens with zero attached hydrogens (tertiary/aromatic N) is 2. The highest BCUT2D eigenvalue weighted by Gasteiger charge is 2.06. The van der Waals surface area contributed by atoms with Crippen LogP contribution in [0.15, 0.2) is 4.99 Å². The molecule has 64 valence electrons. The summed E-state index contributed by atoms with van der Waals surface area (Å²) in [6, 6.07) is 0. The molecule has 11 heavy (non-hydrogen) atoms. The van der Waals surface area contributed by atoms with Crippen LogP contribution in [-0.4, -0.2) is 24.0 Å². The molecule has 0 spiro atoms. The molecule has 3 heteroatoms. The van der Waals surface area contributed by atoms with Crippen molar-refractivity contribution in [3.63, 3.8) is 0 Å².